The third kappa shape index (κ3) is 4.23. The van der Waals surface area contributed by atoms with Gasteiger partial charge in [-0.05, 0) is 48.6 Å². The van der Waals surface area contributed by atoms with Gasteiger partial charge in [0.15, 0.2) is 0 Å². The highest BCUT2D eigenvalue weighted by molar-refractivity contribution is 5.96. The number of piperidine rings is 1. The SMILES string of the molecule is CC1CCN(C(=O)c2ccc(COc3ccccc3)cc2)C(C(=O)O)C1. The van der Waals surface area contributed by atoms with E-state index in [1.165, 1.54) is 4.90 Å². The molecule has 1 aliphatic heterocycles. The molecule has 5 heteroatoms. The van der Waals surface area contributed by atoms with Crippen molar-refractivity contribution < 1.29 is 19.4 Å². The predicted molar refractivity (Wildman–Crippen MR) is 98.1 cm³/mol. The fourth-order valence-electron chi connectivity index (χ4n) is 3.21. The highest BCUT2D eigenvalue weighted by Gasteiger charge is 2.35. The van der Waals surface area contributed by atoms with Crippen molar-refractivity contribution in [3.63, 3.8) is 0 Å². The molecule has 136 valence electrons. The first-order chi connectivity index (χ1) is 12.5. The number of para-hydroxylation sites is 1. The molecule has 0 radical (unpaired) electrons. The van der Waals surface area contributed by atoms with Crippen LogP contribution < -0.4 is 4.74 Å². The highest BCUT2D eigenvalue weighted by atomic mass is 16.5. The van der Waals surface area contributed by atoms with E-state index in [0.717, 1.165) is 17.7 Å². The van der Waals surface area contributed by atoms with Crippen molar-refractivity contribution >= 4 is 11.9 Å². The zero-order valence-electron chi connectivity index (χ0n) is 14.8. The number of ether oxygens (including phenoxy) is 1. The molecule has 3 rings (SSSR count). The molecule has 0 saturated carbocycles. The summed E-state index contributed by atoms with van der Waals surface area (Å²) in [5.74, 6) is -0.0466. The molecule has 0 spiro atoms. The Morgan fingerprint density at radius 3 is 2.46 bits per heavy atom. The van der Waals surface area contributed by atoms with Crippen LogP contribution in [0.1, 0.15) is 35.7 Å². The maximum atomic E-state index is 12.7. The van der Waals surface area contributed by atoms with Crippen molar-refractivity contribution in [1.29, 1.82) is 0 Å². The fourth-order valence-corrected chi connectivity index (χ4v) is 3.21. The topological polar surface area (TPSA) is 66.8 Å². The van der Waals surface area contributed by atoms with E-state index in [-0.39, 0.29) is 5.91 Å². The number of benzene rings is 2. The number of carbonyl (C=O) groups excluding carboxylic acids is 1. The van der Waals surface area contributed by atoms with E-state index in [1.54, 1.807) is 12.1 Å². The lowest BCUT2D eigenvalue weighted by Crippen LogP contribution is -2.49. The van der Waals surface area contributed by atoms with E-state index in [4.69, 9.17) is 4.74 Å². The highest BCUT2D eigenvalue weighted by Crippen LogP contribution is 2.24. The molecule has 2 aromatic carbocycles. The summed E-state index contributed by atoms with van der Waals surface area (Å²) in [6, 6.07) is 16.0. The molecule has 2 atom stereocenters. The minimum Gasteiger partial charge on any atom is -0.489 e. The molecule has 1 saturated heterocycles. The molecular weight excluding hydrogens is 330 g/mol. The van der Waals surface area contributed by atoms with Crippen LogP contribution in [0.5, 0.6) is 5.75 Å². The molecule has 1 amide bonds. The summed E-state index contributed by atoms with van der Waals surface area (Å²) in [5.41, 5.74) is 1.46. The number of carboxylic acids is 1. The van der Waals surface area contributed by atoms with Gasteiger partial charge < -0.3 is 14.7 Å². The molecule has 1 aliphatic rings. The van der Waals surface area contributed by atoms with Crippen LogP contribution in [0.3, 0.4) is 0 Å². The molecule has 1 fully saturated rings. The molecule has 26 heavy (non-hydrogen) atoms. The molecule has 0 aromatic heterocycles. The summed E-state index contributed by atoms with van der Waals surface area (Å²) < 4.78 is 5.70. The van der Waals surface area contributed by atoms with Crippen molar-refractivity contribution in [3.05, 3.63) is 65.7 Å². The number of carbonyl (C=O) groups is 2. The van der Waals surface area contributed by atoms with Gasteiger partial charge in [0, 0.05) is 12.1 Å². The Labute approximate surface area is 153 Å². The Bertz CT molecular complexity index is 757. The number of rotatable bonds is 5. The van der Waals surface area contributed by atoms with E-state index in [9.17, 15) is 14.7 Å². The molecule has 2 unspecified atom stereocenters. The van der Waals surface area contributed by atoms with Crippen LogP contribution in [-0.4, -0.2) is 34.5 Å². The van der Waals surface area contributed by atoms with Crippen LogP contribution in [0.15, 0.2) is 54.6 Å². The lowest BCUT2D eigenvalue weighted by atomic mass is 9.92. The quantitative estimate of drug-likeness (QED) is 0.892. The zero-order chi connectivity index (χ0) is 18.5. The number of aliphatic carboxylic acids is 1. The fraction of sp³-hybridized carbons (Fsp3) is 0.333. The summed E-state index contributed by atoms with van der Waals surface area (Å²) in [7, 11) is 0. The van der Waals surface area contributed by atoms with Gasteiger partial charge in [-0.1, -0.05) is 37.3 Å². The molecule has 5 nitrogen and oxygen atoms in total. The normalized spacial score (nSPS) is 19.8. The largest absolute Gasteiger partial charge is 0.489 e. The van der Waals surface area contributed by atoms with Gasteiger partial charge in [0.2, 0.25) is 0 Å². The van der Waals surface area contributed by atoms with Crippen molar-refractivity contribution in [1.82, 2.24) is 4.90 Å². The third-order valence-electron chi connectivity index (χ3n) is 4.76. The molecule has 1 N–H and O–H groups in total. The summed E-state index contributed by atoms with van der Waals surface area (Å²) in [5, 5.41) is 9.43. The number of carboxylic acid groups (broad SMARTS) is 1. The Kier molecular flexibility index (Phi) is 5.56. The minimum absolute atomic E-state index is 0.222. The summed E-state index contributed by atoms with van der Waals surface area (Å²) in [4.78, 5) is 25.7. The van der Waals surface area contributed by atoms with Gasteiger partial charge in [-0.15, -0.1) is 0 Å². The first-order valence-corrected chi connectivity index (χ1v) is 8.85. The van der Waals surface area contributed by atoms with E-state index >= 15 is 0 Å². The van der Waals surface area contributed by atoms with Gasteiger partial charge in [-0.25, -0.2) is 4.79 Å². The Morgan fingerprint density at radius 2 is 1.81 bits per heavy atom. The predicted octanol–water partition coefficient (Wildman–Crippen LogP) is 3.59. The van der Waals surface area contributed by atoms with E-state index in [0.29, 0.717) is 31.1 Å². The second-order valence-electron chi connectivity index (χ2n) is 6.78. The lowest BCUT2D eigenvalue weighted by molar-refractivity contribution is -0.144. The number of amides is 1. The molecule has 0 aliphatic carbocycles. The van der Waals surface area contributed by atoms with Crippen molar-refractivity contribution in [2.45, 2.75) is 32.4 Å². The van der Waals surface area contributed by atoms with Crippen LogP contribution >= 0.6 is 0 Å². The smallest absolute Gasteiger partial charge is 0.326 e. The summed E-state index contributed by atoms with van der Waals surface area (Å²) in [6.07, 6.45) is 1.34. The second-order valence-corrected chi connectivity index (χ2v) is 6.78. The van der Waals surface area contributed by atoms with Crippen LogP contribution in [0, 0.1) is 5.92 Å². The maximum absolute atomic E-state index is 12.7. The zero-order valence-corrected chi connectivity index (χ0v) is 14.8. The van der Waals surface area contributed by atoms with E-state index < -0.39 is 12.0 Å². The van der Waals surface area contributed by atoms with Crippen LogP contribution in [0.2, 0.25) is 0 Å². The lowest BCUT2D eigenvalue weighted by Gasteiger charge is -2.36. The number of nitrogens with zero attached hydrogens (tertiary/aromatic N) is 1. The first kappa shape index (κ1) is 18.0. The molecular formula is C21H23NO4. The van der Waals surface area contributed by atoms with Crippen molar-refractivity contribution in [3.8, 4) is 5.75 Å². The van der Waals surface area contributed by atoms with Gasteiger partial charge in [-0.3, -0.25) is 4.79 Å². The summed E-state index contributed by atoms with van der Waals surface area (Å²) >= 11 is 0. The van der Waals surface area contributed by atoms with Crippen LogP contribution in [-0.2, 0) is 11.4 Å². The number of likely N-dealkylation sites (tertiary alicyclic amines) is 1. The monoisotopic (exact) mass is 353 g/mol. The van der Waals surface area contributed by atoms with Gasteiger partial charge in [0.1, 0.15) is 18.4 Å². The third-order valence-corrected chi connectivity index (χ3v) is 4.76. The average Bonchev–Trinajstić information content (AvgIpc) is 2.67. The second kappa shape index (κ2) is 8.04. The molecule has 1 heterocycles. The van der Waals surface area contributed by atoms with Gasteiger partial charge in [0.05, 0.1) is 0 Å². The summed E-state index contributed by atoms with van der Waals surface area (Å²) in [6.45, 7) is 2.92. The first-order valence-electron chi connectivity index (χ1n) is 8.85. The standard InChI is InChI=1S/C21H23NO4/c1-15-11-12-22(19(13-15)21(24)25)20(23)17-9-7-16(8-10-17)14-26-18-5-3-2-4-6-18/h2-10,15,19H,11-14H2,1H3,(H,24,25). The van der Waals surface area contributed by atoms with Crippen molar-refractivity contribution in [2.24, 2.45) is 5.92 Å². The average molecular weight is 353 g/mol. The van der Waals surface area contributed by atoms with E-state index in [2.05, 4.69) is 0 Å². The van der Waals surface area contributed by atoms with Crippen molar-refractivity contribution in [2.75, 3.05) is 6.54 Å². The van der Waals surface area contributed by atoms with Gasteiger partial charge >= 0.3 is 5.97 Å². The van der Waals surface area contributed by atoms with Gasteiger partial charge in [-0.2, -0.15) is 0 Å². The Balaban J connectivity index is 1.65. The maximum Gasteiger partial charge on any atom is 0.326 e. The Morgan fingerprint density at radius 1 is 1.12 bits per heavy atom. The minimum atomic E-state index is -0.933. The Hall–Kier alpha value is -2.82. The number of hydrogen-bond acceptors (Lipinski definition) is 3. The van der Waals surface area contributed by atoms with Gasteiger partial charge in [0.25, 0.3) is 5.91 Å². The van der Waals surface area contributed by atoms with E-state index in [1.807, 2.05) is 49.4 Å². The van der Waals surface area contributed by atoms with Crippen LogP contribution in [0.25, 0.3) is 0 Å². The number of hydrogen-bond donors (Lipinski definition) is 1. The van der Waals surface area contributed by atoms with Crippen LogP contribution in [0.4, 0.5) is 0 Å². The molecule has 2 aromatic rings. The molecule has 0 bridgehead atoms.